The van der Waals surface area contributed by atoms with E-state index in [4.69, 9.17) is 9.47 Å². The Balaban J connectivity index is 1.46. The maximum absolute atomic E-state index is 5.68. The van der Waals surface area contributed by atoms with Crippen LogP contribution in [0.2, 0.25) is 0 Å². The topological polar surface area (TPSA) is 30.5 Å². The molecule has 3 heteroatoms. The monoisotopic (exact) mass is 273 g/mol. The van der Waals surface area contributed by atoms with E-state index >= 15 is 0 Å². The molecule has 3 aliphatic rings. The van der Waals surface area contributed by atoms with Crippen molar-refractivity contribution in [2.45, 2.75) is 44.7 Å². The van der Waals surface area contributed by atoms with Gasteiger partial charge in [-0.25, -0.2) is 0 Å². The van der Waals surface area contributed by atoms with Crippen molar-refractivity contribution in [3.63, 3.8) is 0 Å². The second-order valence-electron chi connectivity index (χ2n) is 6.57. The van der Waals surface area contributed by atoms with Crippen molar-refractivity contribution in [2.75, 3.05) is 13.2 Å². The molecule has 108 valence electrons. The van der Waals surface area contributed by atoms with Crippen molar-refractivity contribution in [2.24, 2.45) is 11.8 Å². The van der Waals surface area contributed by atoms with Crippen molar-refractivity contribution < 1.29 is 9.47 Å². The maximum Gasteiger partial charge on any atom is 0.161 e. The fraction of sp³-hybridized carbons (Fsp3) is 0.647. The maximum atomic E-state index is 5.68. The van der Waals surface area contributed by atoms with Gasteiger partial charge in [-0.3, -0.25) is 0 Å². The normalized spacial score (nSPS) is 32.4. The second-order valence-corrected chi connectivity index (χ2v) is 6.57. The van der Waals surface area contributed by atoms with Gasteiger partial charge < -0.3 is 14.8 Å². The van der Waals surface area contributed by atoms with Gasteiger partial charge in [-0.2, -0.15) is 0 Å². The average molecular weight is 273 g/mol. The zero-order valence-corrected chi connectivity index (χ0v) is 12.1. The van der Waals surface area contributed by atoms with E-state index in [1.807, 2.05) is 6.07 Å². The molecule has 4 unspecified atom stereocenters. The Morgan fingerprint density at radius 3 is 2.70 bits per heavy atom. The molecule has 2 fully saturated rings. The Morgan fingerprint density at radius 2 is 1.95 bits per heavy atom. The summed E-state index contributed by atoms with van der Waals surface area (Å²) >= 11 is 0. The number of rotatable bonds is 3. The highest BCUT2D eigenvalue weighted by Gasteiger charge is 2.39. The lowest BCUT2D eigenvalue weighted by Gasteiger charge is -2.28. The Morgan fingerprint density at radius 1 is 1.10 bits per heavy atom. The van der Waals surface area contributed by atoms with Gasteiger partial charge in [0.25, 0.3) is 0 Å². The largest absolute Gasteiger partial charge is 0.486 e. The molecule has 0 radical (unpaired) electrons. The molecule has 0 spiro atoms. The fourth-order valence-electron chi connectivity index (χ4n) is 4.20. The standard InChI is InChI=1S/C17H23NO2/c1-11(18-15-9-12-2-3-14(15)8-12)13-4-5-16-17(10-13)20-7-6-19-16/h4-5,10-12,14-15,18H,2-3,6-9H2,1H3. The van der Waals surface area contributed by atoms with Crippen molar-refractivity contribution in [1.29, 1.82) is 0 Å². The lowest BCUT2D eigenvalue weighted by molar-refractivity contribution is 0.171. The van der Waals surface area contributed by atoms with E-state index < -0.39 is 0 Å². The zero-order valence-electron chi connectivity index (χ0n) is 12.1. The molecule has 0 aromatic heterocycles. The first-order valence-electron chi connectivity index (χ1n) is 7.95. The molecular weight excluding hydrogens is 250 g/mol. The highest BCUT2D eigenvalue weighted by Crippen LogP contribution is 2.45. The summed E-state index contributed by atoms with van der Waals surface area (Å²) < 4.78 is 11.3. The van der Waals surface area contributed by atoms with E-state index in [2.05, 4.69) is 24.4 Å². The van der Waals surface area contributed by atoms with Crippen molar-refractivity contribution >= 4 is 0 Å². The predicted molar refractivity (Wildman–Crippen MR) is 78.2 cm³/mol. The first-order valence-corrected chi connectivity index (χ1v) is 7.95. The second kappa shape index (κ2) is 4.96. The Kier molecular flexibility index (Phi) is 3.10. The van der Waals surface area contributed by atoms with Gasteiger partial charge in [-0.15, -0.1) is 0 Å². The van der Waals surface area contributed by atoms with Gasteiger partial charge in [0.05, 0.1) is 0 Å². The lowest BCUT2D eigenvalue weighted by atomic mass is 9.94. The van der Waals surface area contributed by atoms with Crippen molar-refractivity contribution in [1.82, 2.24) is 5.32 Å². The summed E-state index contributed by atoms with van der Waals surface area (Å²) in [7, 11) is 0. The van der Waals surface area contributed by atoms with Crippen LogP contribution in [0, 0.1) is 11.8 Å². The van der Waals surface area contributed by atoms with Gasteiger partial charge >= 0.3 is 0 Å². The molecular formula is C17H23NO2. The fourth-order valence-corrected chi connectivity index (χ4v) is 4.20. The van der Waals surface area contributed by atoms with Crippen LogP contribution in [0.1, 0.15) is 44.2 Å². The summed E-state index contributed by atoms with van der Waals surface area (Å²) in [5.74, 6) is 3.69. The van der Waals surface area contributed by atoms with Crippen LogP contribution >= 0.6 is 0 Å². The molecule has 0 amide bonds. The van der Waals surface area contributed by atoms with Gasteiger partial charge in [0.15, 0.2) is 11.5 Å². The minimum absolute atomic E-state index is 0.384. The van der Waals surface area contributed by atoms with Crippen LogP contribution in [0.15, 0.2) is 18.2 Å². The summed E-state index contributed by atoms with van der Waals surface area (Å²) in [6.07, 6.45) is 5.71. The highest BCUT2D eigenvalue weighted by atomic mass is 16.6. The van der Waals surface area contributed by atoms with Crippen LogP contribution in [-0.2, 0) is 0 Å². The number of hydrogen-bond acceptors (Lipinski definition) is 3. The van der Waals surface area contributed by atoms with Gasteiger partial charge in [-0.1, -0.05) is 12.5 Å². The molecule has 3 nitrogen and oxygen atoms in total. The molecule has 2 bridgehead atoms. The molecule has 0 saturated heterocycles. The van der Waals surface area contributed by atoms with E-state index in [1.54, 1.807) is 0 Å². The van der Waals surface area contributed by atoms with Crippen LogP contribution in [0.25, 0.3) is 0 Å². The molecule has 4 rings (SSSR count). The molecule has 20 heavy (non-hydrogen) atoms. The van der Waals surface area contributed by atoms with Crippen molar-refractivity contribution in [3.8, 4) is 11.5 Å². The van der Waals surface area contributed by atoms with E-state index in [9.17, 15) is 0 Å². The quantitative estimate of drug-likeness (QED) is 0.916. The first-order chi connectivity index (χ1) is 9.79. The smallest absolute Gasteiger partial charge is 0.161 e. The van der Waals surface area contributed by atoms with Crippen molar-refractivity contribution in [3.05, 3.63) is 23.8 Å². The Labute approximate surface area is 120 Å². The molecule has 2 aliphatic carbocycles. The summed E-state index contributed by atoms with van der Waals surface area (Å²) in [6, 6.07) is 7.45. The number of benzene rings is 1. The predicted octanol–water partition coefficient (Wildman–Crippen LogP) is 3.30. The van der Waals surface area contributed by atoms with Gasteiger partial charge in [0, 0.05) is 12.1 Å². The number of hydrogen-bond donors (Lipinski definition) is 1. The molecule has 2 saturated carbocycles. The van der Waals surface area contributed by atoms with Crippen LogP contribution in [0.3, 0.4) is 0 Å². The summed E-state index contributed by atoms with van der Waals surface area (Å²) in [4.78, 5) is 0. The van der Waals surface area contributed by atoms with E-state index in [-0.39, 0.29) is 0 Å². The van der Waals surface area contributed by atoms with E-state index in [0.29, 0.717) is 19.3 Å². The van der Waals surface area contributed by atoms with E-state index in [0.717, 1.165) is 29.4 Å². The van der Waals surface area contributed by atoms with Gasteiger partial charge in [0.2, 0.25) is 0 Å². The van der Waals surface area contributed by atoms with Crippen LogP contribution in [0.5, 0.6) is 11.5 Å². The molecule has 1 aliphatic heterocycles. The lowest BCUT2D eigenvalue weighted by Crippen LogP contribution is -2.35. The molecule has 1 N–H and O–H groups in total. The number of nitrogens with one attached hydrogen (secondary N) is 1. The average Bonchev–Trinajstić information content (AvgIpc) is 3.09. The number of ether oxygens (including phenoxy) is 2. The molecule has 4 atom stereocenters. The highest BCUT2D eigenvalue weighted by molar-refractivity contribution is 5.44. The van der Waals surface area contributed by atoms with Crippen LogP contribution in [0.4, 0.5) is 0 Å². The minimum Gasteiger partial charge on any atom is -0.486 e. The summed E-state index contributed by atoms with van der Waals surface area (Å²) in [6.45, 7) is 3.58. The Bertz CT molecular complexity index is 502. The summed E-state index contributed by atoms with van der Waals surface area (Å²) in [5, 5.41) is 3.84. The molecule has 1 aromatic carbocycles. The summed E-state index contributed by atoms with van der Waals surface area (Å²) in [5.41, 5.74) is 1.30. The van der Waals surface area contributed by atoms with E-state index in [1.165, 1.54) is 31.2 Å². The van der Waals surface area contributed by atoms with Crippen LogP contribution < -0.4 is 14.8 Å². The Hall–Kier alpha value is -1.22. The van der Waals surface area contributed by atoms with Crippen LogP contribution in [-0.4, -0.2) is 19.3 Å². The third-order valence-electron chi connectivity index (χ3n) is 5.27. The molecule has 1 aromatic rings. The molecule has 1 heterocycles. The number of fused-ring (bicyclic) bond motifs is 3. The zero-order chi connectivity index (χ0) is 13.5. The third kappa shape index (κ3) is 2.18. The third-order valence-corrected chi connectivity index (χ3v) is 5.27. The van der Waals surface area contributed by atoms with Gasteiger partial charge in [-0.05, 0) is 55.7 Å². The van der Waals surface area contributed by atoms with Gasteiger partial charge in [0.1, 0.15) is 13.2 Å². The SMILES string of the molecule is CC(NC1CC2CCC1C2)c1ccc2c(c1)OCCO2. The first kappa shape index (κ1) is 12.5. The minimum atomic E-state index is 0.384.